The number of methoxy groups -OCH3 is 2. The van der Waals surface area contributed by atoms with E-state index in [1.807, 2.05) is 0 Å². The summed E-state index contributed by atoms with van der Waals surface area (Å²) in [4.78, 5) is 23.8. The molecule has 178 valence electrons. The maximum Gasteiger partial charge on any atom is 0.343 e. The van der Waals surface area contributed by atoms with Crippen molar-refractivity contribution in [1.29, 1.82) is 0 Å². The molecule has 0 radical (unpaired) electrons. The third kappa shape index (κ3) is 9.70. The van der Waals surface area contributed by atoms with Crippen LogP contribution in [0.3, 0.4) is 0 Å². The number of carbonyl (C=O) groups is 2. The molecule has 6 nitrogen and oxygen atoms in total. The molecule has 0 aromatic heterocycles. The van der Waals surface area contributed by atoms with E-state index in [4.69, 9.17) is 14.2 Å². The molecule has 0 heterocycles. The second-order valence-corrected chi connectivity index (χ2v) is 8.13. The van der Waals surface area contributed by atoms with Crippen molar-refractivity contribution in [2.24, 2.45) is 0 Å². The molecule has 0 unspecified atom stereocenters. The number of hydrogen-bond acceptors (Lipinski definition) is 6. The molecule has 0 amide bonds. The molecular weight excluding hydrogens is 488 g/mol. The number of esters is 2. The maximum atomic E-state index is 12.5. The molecule has 7 heteroatoms. The van der Waals surface area contributed by atoms with Crippen molar-refractivity contribution in [3.63, 3.8) is 0 Å². The zero-order valence-corrected chi connectivity index (χ0v) is 20.8. The highest BCUT2D eigenvalue weighted by Gasteiger charge is 2.13. The molecule has 2 aromatic rings. The van der Waals surface area contributed by atoms with Gasteiger partial charge in [0.25, 0.3) is 0 Å². The molecule has 0 fully saturated rings. The lowest BCUT2D eigenvalue weighted by Gasteiger charge is -2.11. The van der Waals surface area contributed by atoms with E-state index in [0.717, 1.165) is 23.9 Å². The summed E-state index contributed by atoms with van der Waals surface area (Å²) in [6.07, 6.45) is 10.1. The molecule has 0 aliphatic rings. The lowest BCUT2D eigenvalue weighted by Crippen LogP contribution is -2.09. The number of unbranched alkanes of at least 4 members (excludes halogenated alkanes) is 5. The summed E-state index contributed by atoms with van der Waals surface area (Å²) in [5.74, 6) is 0.431. The van der Waals surface area contributed by atoms with Gasteiger partial charge in [0.1, 0.15) is 5.75 Å². The van der Waals surface area contributed by atoms with Crippen LogP contribution in [0.5, 0.6) is 17.2 Å². The predicted octanol–water partition coefficient (Wildman–Crippen LogP) is 6.21. The number of alkyl halides is 1. The van der Waals surface area contributed by atoms with Crippen LogP contribution in [0.2, 0.25) is 0 Å². The summed E-state index contributed by atoms with van der Waals surface area (Å²) < 4.78 is 21.2. The van der Waals surface area contributed by atoms with Gasteiger partial charge in [-0.25, -0.2) is 9.59 Å². The van der Waals surface area contributed by atoms with E-state index in [9.17, 15) is 9.59 Å². The summed E-state index contributed by atoms with van der Waals surface area (Å²) in [5, 5.41) is 1.08. The molecule has 0 aliphatic carbocycles. The molecule has 0 bridgehead atoms. The van der Waals surface area contributed by atoms with Crippen LogP contribution in [0, 0.1) is 0 Å². The van der Waals surface area contributed by atoms with E-state index in [0.29, 0.717) is 23.5 Å². The second kappa shape index (κ2) is 15.1. The Hall–Kier alpha value is -2.80. The monoisotopic (exact) mass is 518 g/mol. The molecule has 2 rings (SSSR count). The van der Waals surface area contributed by atoms with Gasteiger partial charge >= 0.3 is 11.9 Å². The zero-order valence-electron chi connectivity index (χ0n) is 19.2. The Morgan fingerprint density at radius 3 is 2.24 bits per heavy atom. The number of carbonyl (C=O) groups excluding carboxylic acids is 2. The third-order valence-corrected chi connectivity index (χ3v) is 5.45. The lowest BCUT2D eigenvalue weighted by atomic mass is 10.1. The number of benzene rings is 2. The van der Waals surface area contributed by atoms with Crippen LogP contribution in [0.25, 0.3) is 6.08 Å². The molecule has 0 aliphatic heterocycles. The fourth-order valence-electron chi connectivity index (χ4n) is 3.04. The smallest absolute Gasteiger partial charge is 0.343 e. The Morgan fingerprint density at radius 1 is 0.879 bits per heavy atom. The summed E-state index contributed by atoms with van der Waals surface area (Å²) in [6.45, 7) is 0.663. The molecular formula is C26H31BrO6. The van der Waals surface area contributed by atoms with Crippen LogP contribution in [0.4, 0.5) is 0 Å². The average Bonchev–Trinajstić information content (AvgIpc) is 2.85. The first kappa shape index (κ1) is 26.5. The van der Waals surface area contributed by atoms with E-state index in [1.165, 1.54) is 46.0 Å². The van der Waals surface area contributed by atoms with Crippen molar-refractivity contribution in [3.05, 3.63) is 59.7 Å². The number of hydrogen-bond donors (Lipinski definition) is 0. The fourth-order valence-corrected chi connectivity index (χ4v) is 3.44. The second-order valence-electron chi connectivity index (χ2n) is 7.34. The van der Waals surface area contributed by atoms with E-state index in [1.54, 1.807) is 48.5 Å². The van der Waals surface area contributed by atoms with Gasteiger partial charge in [0, 0.05) is 11.4 Å². The van der Waals surface area contributed by atoms with Crippen molar-refractivity contribution in [2.75, 3.05) is 26.2 Å². The summed E-state index contributed by atoms with van der Waals surface area (Å²) in [7, 11) is 2.79. The zero-order chi connectivity index (χ0) is 23.9. The summed E-state index contributed by atoms with van der Waals surface area (Å²) >= 11 is 3.45. The van der Waals surface area contributed by atoms with Crippen LogP contribution in [-0.2, 0) is 9.53 Å². The highest BCUT2D eigenvalue weighted by atomic mass is 79.9. The van der Waals surface area contributed by atoms with Gasteiger partial charge in [-0.1, -0.05) is 47.7 Å². The lowest BCUT2D eigenvalue weighted by molar-refractivity contribution is -0.134. The standard InChI is InChI=1S/C26H31BrO6/c1-30-24-19-20(10-16-25(28)31-2)9-15-23(24)33-26(29)21-11-13-22(14-12-21)32-18-8-6-4-3-5-7-17-27/h9-16,19H,3-8,17-18H2,1-2H3/b16-10+. The van der Waals surface area contributed by atoms with Crippen molar-refractivity contribution in [1.82, 2.24) is 0 Å². The molecule has 0 saturated carbocycles. The van der Waals surface area contributed by atoms with Crippen LogP contribution in [0.1, 0.15) is 54.4 Å². The van der Waals surface area contributed by atoms with Gasteiger partial charge in [-0.15, -0.1) is 0 Å². The fraction of sp³-hybridized carbons (Fsp3) is 0.385. The molecule has 2 aromatic carbocycles. The van der Waals surface area contributed by atoms with Gasteiger partial charge in [0.05, 0.1) is 26.4 Å². The van der Waals surface area contributed by atoms with Crippen molar-refractivity contribution >= 4 is 33.9 Å². The first-order valence-electron chi connectivity index (χ1n) is 11.0. The molecule has 0 saturated heterocycles. The minimum absolute atomic E-state index is 0.286. The van der Waals surface area contributed by atoms with Gasteiger partial charge in [-0.2, -0.15) is 0 Å². The Bertz CT molecular complexity index is 907. The van der Waals surface area contributed by atoms with Gasteiger partial charge in [-0.3, -0.25) is 0 Å². The predicted molar refractivity (Wildman–Crippen MR) is 132 cm³/mol. The van der Waals surface area contributed by atoms with Crippen molar-refractivity contribution < 1.29 is 28.5 Å². The number of rotatable bonds is 14. The van der Waals surface area contributed by atoms with Crippen LogP contribution in [-0.4, -0.2) is 38.1 Å². The summed E-state index contributed by atoms with van der Waals surface area (Å²) in [6, 6.07) is 11.9. The van der Waals surface area contributed by atoms with E-state index < -0.39 is 11.9 Å². The van der Waals surface area contributed by atoms with Crippen molar-refractivity contribution in [2.45, 2.75) is 38.5 Å². The average molecular weight is 519 g/mol. The van der Waals surface area contributed by atoms with Crippen LogP contribution < -0.4 is 14.2 Å². The quantitative estimate of drug-likeness (QED) is 0.0971. The molecule has 0 N–H and O–H groups in total. The Labute approximate surface area is 204 Å². The van der Waals surface area contributed by atoms with E-state index in [-0.39, 0.29) is 5.75 Å². The van der Waals surface area contributed by atoms with Gasteiger partial charge in [0.2, 0.25) is 0 Å². The molecule has 0 atom stereocenters. The first-order chi connectivity index (χ1) is 16.1. The van der Waals surface area contributed by atoms with Gasteiger partial charge in [0.15, 0.2) is 11.5 Å². The largest absolute Gasteiger partial charge is 0.494 e. The molecule has 33 heavy (non-hydrogen) atoms. The highest BCUT2D eigenvalue weighted by molar-refractivity contribution is 9.09. The van der Waals surface area contributed by atoms with Crippen LogP contribution in [0.15, 0.2) is 48.5 Å². The topological polar surface area (TPSA) is 71.1 Å². The Morgan fingerprint density at radius 2 is 1.58 bits per heavy atom. The first-order valence-corrected chi connectivity index (χ1v) is 12.1. The highest BCUT2D eigenvalue weighted by Crippen LogP contribution is 2.29. The van der Waals surface area contributed by atoms with Gasteiger partial charge in [-0.05, 0) is 60.9 Å². The van der Waals surface area contributed by atoms with Crippen molar-refractivity contribution in [3.8, 4) is 17.2 Å². The maximum absolute atomic E-state index is 12.5. The minimum atomic E-state index is -0.499. The Kier molecular flexibility index (Phi) is 12.1. The normalized spacial score (nSPS) is 10.8. The minimum Gasteiger partial charge on any atom is -0.494 e. The SMILES string of the molecule is COC(=O)/C=C/c1ccc(OC(=O)c2ccc(OCCCCCCCCBr)cc2)c(OC)c1. The third-order valence-electron chi connectivity index (χ3n) is 4.89. The Balaban J connectivity index is 1.85. The molecule has 0 spiro atoms. The number of halogens is 1. The van der Waals surface area contributed by atoms with Gasteiger partial charge < -0.3 is 18.9 Å². The van der Waals surface area contributed by atoms with E-state index >= 15 is 0 Å². The van der Waals surface area contributed by atoms with Crippen LogP contribution >= 0.6 is 15.9 Å². The van der Waals surface area contributed by atoms with E-state index in [2.05, 4.69) is 20.7 Å². The number of ether oxygens (including phenoxy) is 4. The summed E-state index contributed by atoms with van der Waals surface area (Å²) in [5.41, 5.74) is 1.11.